The number of fused-ring (bicyclic) bond motifs is 1. The van der Waals surface area contributed by atoms with Crippen molar-refractivity contribution < 1.29 is 14.3 Å². The molecule has 2 fully saturated rings. The molecule has 2 amide bonds. The van der Waals surface area contributed by atoms with E-state index in [1.165, 1.54) is 0 Å². The van der Waals surface area contributed by atoms with Crippen molar-refractivity contribution in [1.29, 1.82) is 0 Å². The van der Waals surface area contributed by atoms with Gasteiger partial charge < -0.3 is 29.7 Å². The highest BCUT2D eigenvalue weighted by atomic mass is 16.6. The summed E-state index contributed by atoms with van der Waals surface area (Å²) in [6, 6.07) is 6.03. The number of nitrogens with one attached hydrogen (secondary N) is 2. The van der Waals surface area contributed by atoms with Gasteiger partial charge in [0.15, 0.2) is 0 Å². The number of piperazine rings is 1. The molecule has 0 atom stereocenters. The van der Waals surface area contributed by atoms with Crippen molar-refractivity contribution in [1.82, 2.24) is 29.7 Å². The van der Waals surface area contributed by atoms with Gasteiger partial charge >= 0.3 is 6.09 Å². The van der Waals surface area contributed by atoms with Gasteiger partial charge in [0.1, 0.15) is 22.8 Å². The van der Waals surface area contributed by atoms with Crippen molar-refractivity contribution in [2.75, 3.05) is 43.4 Å². The van der Waals surface area contributed by atoms with Gasteiger partial charge in [0, 0.05) is 50.9 Å². The molecule has 1 aliphatic carbocycles. The zero-order valence-corrected chi connectivity index (χ0v) is 22.5. The second-order valence-corrected chi connectivity index (χ2v) is 10.9. The van der Waals surface area contributed by atoms with Crippen molar-refractivity contribution >= 4 is 40.5 Å². The summed E-state index contributed by atoms with van der Waals surface area (Å²) in [5, 5.41) is 6.79. The predicted octanol–water partition coefficient (Wildman–Crippen LogP) is 4.10. The van der Waals surface area contributed by atoms with Crippen LogP contribution in [0.5, 0.6) is 0 Å². The average molecular weight is 521 g/mol. The molecule has 2 aliphatic rings. The second-order valence-electron chi connectivity index (χ2n) is 10.9. The van der Waals surface area contributed by atoms with Gasteiger partial charge in [0.2, 0.25) is 5.95 Å². The Morgan fingerprint density at radius 3 is 2.39 bits per heavy atom. The molecule has 3 aromatic rings. The second kappa shape index (κ2) is 10.5. The van der Waals surface area contributed by atoms with E-state index in [0.29, 0.717) is 43.6 Å². The zero-order chi connectivity index (χ0) is 26.9. The summed E-state index contributed by atoms with van der Waals surface area (Å²) in [6.07, 6.45) is 7.68. The first-order valence-corrected chi connectivity index (χ1v) is 13.3. The third-order valence-electron chi connectivity index (χ3n) is 7.01. The van der Waals surface area contributed by atoms with Gasteiger partial charge in [-0.15, -0.1) is 0 Å². The number of amides is 2. The van der Waals surface area contributed by atoms with E-state index in [1.54, 1.807) is 18.1 Å². The third kappa shape index (κ3) is 5.51. The van der Waals surface area contributed by atoms with Crippen LogP contribution in [0.15, 0.2) is 30.6 Å². The summed E-state index contributed by atoms with van der Waals surface area (Å²) in [4.78, 5) is 42.7. The number of carbonyl (C=O) groups is 2. The highest BCUT2D eigenvalue weighted by Gasteiger charge is 2.27. The van der Waals surface area contributed by atoms with Crippen LogP contribution in [0.25, 0.3) is 11.0 Å². The van der Waals surface area contributed by atoms with E-state index >= 15 is 0 Å². The maximum absolute atomic E-state index is 12.6. The molecule has 2 N–H and O–H groups in total. The molecule has 5 rings (SSSR count). The number of pyridine rings is 1. The van der Waals surface area contributed by atoms with Crippen molar-refractivity contribution in [2.24, 2.45) is 0 Å². The molecular formula is C27H36N8O3. The summed E-state index contributed by atoms with van der Waals surface area (Å²) >= 11 is 0. The summed E-state index contributed by atoms with van der Waals surface area (Å²) in [5.41, 5.74) is 1.87. The molecule has 0 bridgehead atoms. The van der Waals surface area contributed by atoms with E-state index in [1.807, 2.05) is 45.2 Å². The normalized spacial score (nSPS) is 16.6. The Balaban J connectivity index is 1.27. The predicted molar refractivity (Wildman–Crippen MR) is 146 cm³/mol. The SMILES string of the molecule is CNC(=O)c1cc2cnc(Nc3ccc(N4CCN(C(=O)OC(C)(C)C)CC4)cn3)nc2n1C1CCCC1. The van der Waals surface area contributed by atoms with E-state index < -0.39 is 5.60 Å². The molecule has 0 aromatic carbocycles. The molecule has 1 aliphatic heterocycles. The first kappa shape index (κ1) is 25.7. The van der Waals surface area contributed by atoms with Crippen LogP contribution in [0.1, 0.15) is 63.0 Å². The smallest absolute Gasteiger partial charge is 0.410 e. The lowest BCUT2D eigenvalue weighted by atomic mass is 10.2. The van der Waals surface area contributed by atoms with Crippen LogP contribution < -0.4 is 15.5 Å². The minimum atomic E-state index is -0.499. The van der Waals surface area contributed by atoms with Gasteiger partial charge in [-0.05, 0) is 51.8 Å². The van der Waals surface area contributed by atoms with E-state index in [0.717, 1.165) is 42.4 Å². The summed E-state index contributed by atoms with van der Waals surface area (Å²) in [7, 11) is 1.65. The van der Waals surface area contributed by atoms with Gasteiger partial charge in [0.05, 0.1) is 11.9 Å². The van der Waals surface area contributed by atoms with Gasteiger partial charge in [-0.1, -0.05) is 12.8 Å². The largest absolute Gasteiger partial charge is 0.444 e. The Morgan fingerprint density at radius 1 is 1.03 bits per heavy atom. The number of nitrogens with zero attached hydrogens (tertiary/aromatic N) is 6. The number of anilines is 3. The molecule has 38 heavy (non-hydrogen) atoms. The Hall–Kier alpha value is -3.89. The summed E-state index contributed by atoms with van der Waals surface area (Å²) < 4.78 is 7.56. The van der Waals surface area contributed by atoms with Crippen LogP contribution in [-0.4, -0.2) is 75.2 Å². The highest BCUT2D eigenvalue weighted by molar-refractivity contribution is 5.98. The fraction of sp³-hybridized carbons (Fsp3) is 0.519. The van der Waals surface area contributed by atoms with Gasteiger partial charge in [0.25, 0.3) is 5.91 Å². The maximum atomic E-state index is 12.6. The first-order valence-electron chi connectivity index (χ1n) is 13.3. The van der Waals surface area contributed by atoms with Crippen molar-refractivity contribution in [3.8, 4) is 0 Å². The van der Waals surface area contributed by atoms with Crippen LogP contribution in [0.4, 0.5) is 22.2 Å². The summed E-state index contributed by atoms with van der Waals surface area (Å²) in [5.74, 6) is 0.948. The molecule has 0 unspecified atom stereocenters. The maximum Gasteiger partial charge on any atom is 0.410 e. The van der Waals surface area contributed by atoms with Crippen LogP contribution in [0.3, 0.4) is 0 Å². The molecule has 11 nitrogen and oxygen atoms in total. The van der Waals surface area contributed by atoms with E-state index in [9.17, 15) is 9.59 Å². The number of rotatable bonds is 5. The number of ether oxygens (including phenoxy) is 1. The molecule has 1 saturated carbocycles. The van der Waals surface area contributed by atoms with Crippen molar-refractivity contribution in [3.05, 3.63) is 36.3 Å². The van der Waals surface area contributed by atoms with Crippen LogP contribution in [-0.2, 0) is 4.74 Å². The van der Waals surface area contributed by atoms with Gasteiger partial charge in [-0.2, -0.15) is 4.98 Å². The minimum absolute atomic E-state index is 0.117. The van der Waals surface area contributed by atoms with Crippen molar-refractivity contribution in [2.45, 2.75) is 58.1 Å². The fourth-order valence-corrected chi connectivity index (χ4v) is 5.14. The monoisotopic (exact) mass is 520 g/mol. The third-order valence-corrected chi connectivity index (χ3v) is 7.01. The lowest BCUT2D eigenvalue weighted by molar-refractivity contribution is 0.0240. The Kier molecular flexibility index (Phi) is 7.09. The molecule has 202 valence electrons. The molecule has 3 aromatic heterocycles. The first-order chi connectivity index (χ1) is 18.2. The van der Waals surface area contributed by atoms with E-state index in [-0.39, 0.29) is 18.0 Å². The Labute approximate surface area is 222 Å². The molecule has 1 saturated heterocycles. The van der Waals surface area contributed by atoms with Crippen molar-refractivity contribution in [3.63, 3.8) is 0 Å². The topological polar surface area (TPSA) is 118 Å². The summed E-state index contributed by atoms with van der Waals surface area (Å²) in [6.45, 7) is 8.24. The lowest BCUT2D eigenvalue weighted by Gasteiger charge is -2.36. The van der Waals surface area contributed by atoms with Gasteiger partial charge in [-0.25, -0.2) is 14.8 Å². The fourth-order valence-electron chi connectivity index (χ4n) is 5.14. The molecule has 0 radical (unpaired) electrons. The minimum Gasteiger partial charge on any atom is -0.444 e. The number of aromatic nitrogens is 4. The average Bonchev–Trinajstić information content (AvgIpc) is 3.55. The lowest BCUT2D eigenvalue weighted by Crippen LogP contribution is -2.50. The molecular weight excluding hydrogens is 484 g/mol. The standard InChI is InChI=1S/C27H36N8O3/c1-27(2,3)38-26(37)34-13-11-33(12-14-34)20-9-10-22(29-17-20)31-25-30-16-18-15-21(24(36)28-4)35(23(18)32-25)19-7-5-6-8-19/h9-10,15-17,19H,5-8,11-14H2,1-4H3,(H,28,36)(H,29,30,31,32). The number of hydrogen-bond donors (Lipinski definition) is 2. The van der Waals surface area contributed by atoms with E-state index in [2.05, 4.69) is 30.1 Å². The quantitative estimate of drug-likeness (QED) is 0.516. The highest BCUT2D eigenvalue weighted by Crippen LogP contribution is 2.34. The van der Waals surface area contributed by atoms with Crippen LogP contribution >= 0.6 is 0 Å². The van der Waals surface area contributed by atoms with Gasteiger partial charge in [-0.3, -0.25) is 4.79 Å². The Morgan fingerprint density at radius 2 is 1.76 bits per heavy atom. The number of carbonyl (C=O) groups excluding carboxylic acids is 2. The molecule has 4 heterocycles. The molecule has 0 spiro atoms. The Bertz CT molecular complexity index is 1300. The van der Waals surface area contributed by atoms with Crippen LogP contribution in [0.2, 0.25) is 0 Å². The van der Waals surface area contributed by atoms with Crippen LogP contribution in [0, 0.1) is 0 Å². The number of hydrogen-bond acceptors (Lipinski definition) is 8. The zero-order valence-electron chi connectivity index (χ0n) is 22.5. The van der Waals surface area contributed by atoms with E-state index in [4.69, 9.17) is 9.72 Å². The molecule has 11 heteroatoms.